The van der Waals surface area contributed by atoms with E-state index in [4.69, 9.17) is 4.74 Å². The second-order valence-electron chi connectivity index (χ2n) is 9.16. The van der Waals surface area contributed by atoms with Gasteiger partial charge < -0.3 is 9.64 Å². The van der Waals surface area contributed by atoms with Crippen molar-refractivity contribution in [3.05, 3.63) is 50.3 Å². The van der Waals surface area contributed by atoms with Crippen LogP contribution in [0.4, 0.5) is 0 Å². The number of thiophene rings is 1. The first-order valence-electron chi connectivity index (χ1n) is 11.3. The van der Waals surface area contributed by atoms with Crippen molar-refractivity contribution in [1.82, 2.24) is 14.5 Å². The number of fused-ring (bicyclic) bond motifs is 3. The van der Waals surface area contributed by atoms with Gasteiger partial charge in [-0.25, -0.2) is 4.98 Å². The molecule has 4 heterocycles. The average Bonchev–Trinajstić information content (AvgIpc) is 3.48. The molecular weight excluding hydrogens is 486 g/mol. The lowest BCUT2D eigenvalue weighted by molar-refractivity contribution is 0.0657. The van der Waals surface area contributed by atoms with Gasteiger partial charge in [-0.2, -0.15) is 0 Å². The second-order valence-corrected chi connectivity index (χ2v) is 11.1. The van der Waals surface area contributed by atoms with Crippen LogP contribution in [0.1, 0.15) is 43.4 Å². The van der Waals surface area contributed by atoms with E-state index in [1.807, 2.05) is 24.3 Å². The van der Waals surface area contributed by atoms with Crippen LogP contribution in [-0.2, 0) is 0 Å². The summed E-state index contributed by atoms with van der Waals surface area (Å²) in [6.45, 7) is 0. The third-order valence-electron chi connectivity index (χ3n) is 6.96. The topological polar surface area (TPSA) is 47.4 Å². The van der Waals surface area contributed by atoms with Gasteiger partial charge in [-0.1, -0.05) is 11.8 Å². The standard InChI is InChI=1S/C25H24BrN3O2S/c1-28-16-5-6-17(28)11-19(10-16)31-23-9-7-18(12-21(23)26)29-14-27-22-13-20(8-4-15-2-3-15)32-24(22)25(29)30/h7,9,12-17,19H,2-3,5-6,10-11H2,1H3/t16-,17+,19+. The first-order chi connectivity index (χ1) is 15.5. The van der Waals surface area contributed by atoms with Gasteiger partial charge in [0.25, 0.3) is 5.56 Å². The number of halogens is 1. The molecule has 3 aromatic rings. The van der Waals surface area contributed by atoms with Gasteiger partial charge in [0, 0.05) is 18.0 Å². The Labute approximate surface area is 199 Å². The molecule has 2 bridgehead atoms. The molecule has 2 saturated heterocycles. The number of piperidine rings is 1. The smallest absolute Gasteiger partial charge is 0.275 e. The highest BCUT2D eigenvalue weighted by atomic mass is 79.9. The third kappa shape index (κ3) is 3.79. The van der Waals surface area contributed by atoms with Crippen molar-refractivity contribution in [1.29, 1.82) is 0 Å². The molecule has 0 unspecified atom stereocenters. The van der Waals surface area contributed by atoms with Gasteiger partial charge in [0.1, 0.15) is 22.9 Å². The number of rotatable bonds is 3. The molecule has 1 aliphatic carbocycles. The molecule has 3 aliphatic rings. The maximum Gasteiger partial charge on any atom is 0.275 e. The van der Waals surface area contributed by atoms with Gasteiger partial charge in [-0.3, -0.25) is 9.36 Å². The lowest BCUT2D eigenvalue weighted by Crippen LogP contribution is -2.43. The Bertz CT molecular complexity index is 1300. The quantitative estimate of drug-likeness (QED) is 0.467. The predicted octanol–water partition coefficient (Wildman–Crippen LogP) is 4.98. The summed E-state index contributed by atoms with van der Waals surface area (Å²) in [7, 11) is 2.24. The van der Waals surface area contributed by atoms with Crippen molar-refractivity contribution >= 4 is 37.5 Å². The fourth-order valence-electron chi connectivity index (χ4n) is 4.93. The molecule has 1 aromatic carbocycles. The van der Waals surface area contributed by atoms with Gasteiger partial charge in [0.05, 0.1) is 20.6 Å². The highest BCUT2D eigenvalue weighted by molar-refractivity contribution is 9.10. The Kier molecular flexibility index (Phi) is 5.13. The molecule has 1 saturated carbocycles. The molecule has 0 N–H and O–H groups in total. The van der Waals surface area contributed by atoms with Crippen LogP contribution in [0.2, 0.25) is 0 Å². The molecule has 3 fully saturated rings. The zero-order valence-corrected chi connectivity index (χ0v) is 20.3. The van der Waals surface area contributed by atoms with E-state index in [-0.39, 0.29) is 11.7 Å². The Morgan fingerprint density at radius 3 is 2.66 bits per heavy atom. The SMILES string of the molecule is CN1[C@@H]2CC[C@H]1C[C@@H](Oc1ccc(-n3cnc4cc(C#CC5CC5)sc4c3=O)cc1Br)C2. The largest absolute Gasteiger partial charge is 0.489 e. The lowest BCUT2D eigenvalue weighted by atomic mass is 10.0. The highest BCUT2D eigenvalue weighted by Gasteiger charge is 2.39. The first-order valence-corrected chi connectivity index (χ1v) is 12.9. The van der Waals surface area contributed by atoms with Crippen molar-refractivity contribution in [2.45, 2.75) is 56.7 Å². The third-order valence-corrected chi connectivity index (χ3v) is 8.60. The van der Waals surface area contributed by atoms with E-state index in [1.54, 1.807) is 10.9 Å². The maximum atomic E-state index is 13.1. The number of nitrogens with zero attached hydrogens (tertiary/aromatic N) is 3. The van der Waals surface area contributed by atoms with E-state index < -0.39 is 0 Å². The molecule has 2 aromatic heterocycles. The van der Waals surface area contributed by atoms with E-state index in [0.29, 0.717) is 28.2 Å². The summed E-state index contributed by atoms with van der Waals surface area (Å²) >= 11 is 5.09. The molecule has 6 rings (SSSR count). The van der Waals surface area contributed by atoms with Crippen LogP contribution >= 0.6 is 27.3 Å². The van der Waals surface area contributed by atoms with Crippen LogP contribution in [0, 0.1) is 17.8 Å². The Morgan fingerprint density at radius 2 is 1.94 bits per heavy atom. The second kappa shape index (κ2) is 8.02. The zero-order chi connectivity index (χ0) is 21.8. The fraction of sp³-hybridized carbons (Fsp3) is 0.440. The molecule has 5 nitrogen and oxygen atoms in total. The normalized spacial score (nSPS) is 25.0. The molecule has 164 valence electrons. The molecule has 32 heavy (non-hydrogen) atoms. The van der Waals surface area contributed by atoms with E-state index in [1.165, 1.54) is 37.0 Å². The van der Waals surface area contributed by atoms with Gasteiger partial charge in [-0.15, -0.1) is 11.3 Å². The molecule has 0 spiro atoms. The van der Waals surface area contributed by atoms with Crippen molar-refractivity contribution in [2.24, 2.45) is 5.92 Å². The van der Waals surface area contributed by atoms with E-state index >= 15 is 0 Å². The minimum Gasteiger partial charge on any atom is -0.489 e. The summed E-state index contributed by atoms with van der Waals surface area (Å²) < 4.78 is 9.47. The first kappa shape index (κ1) is 20.5. The van der Waals surface area contributed by atoms with Crippen LogP contribution in [0.25, 0.3) is 15.9 Å². The van der Waals surface area contributed by atoms with E-state index in [9.17, 15) is 4.79 Å². The minimum atomic E-state index is -0.0630. The van der Waals surface area contributed by atoms with Gasteiger partial charge in [0.15, 0.2) is 0 Å². The van der Waals surface area contributed by atoms with E-state index in [0.717, 1.165) is 33.6 Å². The molecule has 2 aliphatic heterocycles. The molecule has 3 atom stereocenters. The van der Waals surface area contributed by atoms with Crippen molar-refractivity contribution in [2.75, 3.05) is 7.05 Å². The number of benzene rings is 1. The summed E-state index contributed by atoms with van der Waals surface area (Å²) in [6, 6.07) is 9.02. The Balaban J connectivity index is 1.25. The summed E-state index contributed by atoms with van der Waals surface area (Å²) in [6.07, 6.45) is 8.93. The molecule has 7 heteroatoms. The van der Waals surface area contributed by atoms with Crippen LogP contribution in [0.5, 0.6) is 5.75 Å². The monoisotopic (exact) mass is 509 g/mol. The summed E-state index contributed by atoms with van der Waals surface area (Å²) in [5.74, 6) is 7.83. The van der Waals surface area contributed by atoms with Gasteiger partial charge >= 0.3 is 0 Å². The average molecular weight is 510 g/mol. The van der Waals surface area contributed by atoms with Gasteiger partial charge in [0.2, 0.25) is 0 Å². The fourth-order valence-corrected chi connectivity index (χ4v) is 6.29. The Morgan fingerprint density at radius 1 is 1.16 bits per heavy atom. The van der Waals surface area contributed by atoms with Crippen LogP contribution in [-0.4, -0.2) is 39.7 Å². The lowest BCUT2D eigenvalue weighted by Gasteiger charge is -2.36. The number of hydrogen-bond donors (Lipinski definition) is 0. The number of ether oxygens (including phenoxy) is 1. The maximum absolute atomic E-state index is 13.1. The zero-order valence-electron chi connectivity index (χ0n) is 17.9. The molecular formula is C25H24BrN3O2S. The predicted molar refractivity (Wildman–Crippen MR) is 131 cm³/mol. The van der Waals surface area contributed by atoms with E-state index in [2.05, 4.69) is 44.7 Å². The van der Waals surface area contributed by atoms with Crippen LogP contribution < -0.4 is 10.3 Å². The van der Waals surface area contributed by atoms with Crippen molar-refractivity contribution in [3.8, 4) is 23.3 Å². The van der Waals surface area contributed by atoms with Crippen LogP contribution in [0.3, 0.4) is 0 Å². The van der Waals surface area contributed by atoms with Gasteiger partial charge in [-0.05, 0) is 85.8 Å². The highest BCUT2D eigenvalue weighted by Crippen LogP contribution is 2.37. The summed E-state index contributed by atoms with van der Waals surface area (Å²) in [4.78, 5) is 21.1. The summed E-state index contributed by atoms with van der Waals surface area (Å²) in [5.41, 5.74) is 1.42. The molecule has 0 amide bonds. The molecule has 0 radical (unpaired) electrons. The van der Waals surface area contributed by atoms with Crippen molar-refractivity contribution < 1.29 is 4.74 Å². The van der Waals surface area contributed by atoms with Crippen LogP contribution in [0.15, 0.2) is 39.9 Å². The summed E-state index contributed by atoms with van der Waals surface area (Å²) in [5, 5.41) is 0. The van der Waals surface area contributed by atoms with Crippen molar-refractivity contribution in [3.63, 3.8) is 0 Å². The Hall–Kier alpha value is -2.14. The number of aromatic nitrogens is 2. The number of hydrogen-bond acceptors (Lipinski definition) is 5. The minimum absolute atomic E-state index is 0.0630.